The first kappa shape index (κ1) is 16.8. The molecule has 5 heteroatoms. The van der Waals surface area contributed by atoms with Gasteiger partial charge in [0.25, 0.3) is 0 Å². The van der Waals surface area contributed by atoms with E-state index in [0.29, 0.717) is 5.02 Å². The SMILES string of the molecule is CC(C(=O)Nc1cccc(Cl)c1)N1CCN(c2ccccc2)CC1. The summed E-state index contributed by atoms with van der Waals surface area (Å²) >= 11 is 5.96. The third kappa shape index (κ3) is 4.08. The molecule has 24 heavy (non-hydrogen) atoms. The van der Waals surface area contributed by atoms with Gasteiger partial charge in [-0.3, -0.25) is 9.69 Å². The Morgan fingerprint density at radius 2 is 1.75 bits per heavy atom. The lowest BCUT2D eigenvalue weighted by atomic mass is 10.2. The Balaban J connectivity index is 1.55. The first-order chi connectivity index (χ1) is 11.6. The van der Waals surface area contributed by atoms with E-state index in [4.69, 9.17) is 11.6 Å². The van der Waals surface area contributed by atoms with Gasteiger partial charge in [-0.15, -0.1) is 0 Å². The van der Waals surface area contributed by atoms with Crippen LogP contribution in [0.3, 0.4) is 0 Å². The van der Waals surface area contributed by atoms with Crippen LogP contribution in [-0.2, 0) is 4.79 Å². The Labute approximate surface area is 148 Å². The van der Waals surface area contributed by atoms with Crippen LogP contribution in [0, 0.1) is 0 Å². The van der Waals surface area contributed by atoms with Crippen LogP contribution in [0.5, 0.6) is 0 Å². The van der Waals surface area contributed by atoms with Crippen LogP contribution in [0.25, 0.3) is 0 Å². The molecule has 0 bridgehead atoms. The molecular weight excluding hydrogens is 322 g/mol. The summed E-state index contributed by atoms with van der Waals surface area (Å²) in [5, 5.41) is 3.57. The number of piperazine rings is 1. The number of amides is 1. The summed E-state index contributed by atoms with van der Waals surface area (Å²) < 4.78 is 0. The lowest BCUT2D eigenvalue weighted by Crippen LogP contribution is -2.52. The lowest BCUT2D eigenvalue weighted by Gasteiger charge is -2.38. The van der Waals surface area contributed by atoms with E-state index >= 15 is 0 Å². The molecule has 1 N–H and O–H groups in total. The quantitative estimate of drug-likeness (QED) is 0.923. The highest BCUT2D eigenvalue weighted by Crippen LogP contribution is 2.18. The number of benzene rings is 2. The summed E-state index contributed by atoms with van der Waals surface area (Å²) in [4.78, 5) is 17.0. The van der Waals surface area contributed by atoms with Gasteiger partial charge in [-0.2, -0.15) is 0 Å². The first-order valence-corrected chi connectivity index (χ1v) is 8.62. The summed E-state index contributed by atoms with van der Waals surface area (Å²) in [5.41, 5.74) is 1.98. The Morgan fingerprint density at radius 3 is 2.42 bits per heavy atom. The summed E-state index contributed by atoms with van der Waals surface area (Å²) in [6, 6.07) is 17.5. The molecule has 1 unspecified atom stereocenters. The maximum Gasteiger partial charge on any atom is 0.241 e. The highest BCUT2D eigenvalue weighted by molar-refractivity contribution is 6.30. The molecule has 0 spiro atoms. The number of carbonyl (C=O) groups excluding carboxylic acids is 1. The number of hydrogen-bond donors (Lipinski definition) is 1. The van der Waals surface area contributed by atoms with Gasteiger partial charge >= 0.3 is 0 Å². The number of carbonyl (C=O) groups is 1. The number of rotatable bonds is 4. The van der Waals surface area contributed by atoms with E-state index in [1.54, 1.807) is 12.1 Å². The van der Waals surface area contributed by atoms with Gasteiger partial charge in [0.15, 0.2) is 0 Å². The molecule has 1 fully saturated rings. The van der Waals surface area contributed by atoms with Crippen LogP contribution in [0.2, 0.25) is 5.02 Å². The second kappa shape index (κ2) is 7.69. The van der Waals surface area contributed by atoms with Crippen LogP contribution >= 0.6 is 11.6 Å². The van der Waals surface area contributed by atoms with Crippen LogP contribution in [0.15, 0.2) is 54.6 Å². The van der Waals surface area contributed by atoms with Crippen LogP contribution < -0.4 is 10.2 Å². The minimum absolute atomic E-state index is 0.00503. The number of anilines is 2. The van der Waals surface area contributed by atoms with Gasteiger partial charge < -0.3 is 10.2 Å². The van der Waals surface area contributed by atoms with Crippen LogP contribution in [0.4, 0.5) is 11.4 Å². The van der Waals surface area contributed by atoms with Gasteiger partial charge in [-0.25, -0.2) is 0 Å². The highest BCUT2D eigenvalue weighted by atomic mass is 35.5. The average Bonchev–Trinajstić information content (AvgIpc) is 2.62. The van der Waals surface area contributed by atoms with Crippen molar-refractivity contribution < 1.29 is 4.79 Å². The average molecular weight is 344 g/mol. The Hall–Kier alpha value is -2.04. The third-order valence-corrected chi connectivity index (χ3v) is 4.69. The van der Waals surface area contributed by atoms with Crippen LogP contribution in [-0.4, -0.2) is 43.0 Å². The molecule has 0 aliphatic carbocycles. The van der Waals surface area contributed by atoms with Crippen molar-refractivity contribution in [1.82, 2.24) is 4.90 Å². The second-order valence-electron chi connectivity index (χ2n) is 6.03. The van der Waals surface area contributed by atoms with Gasteiger partial charge in [0.2, 0.25) is 5.91 Å². The molecule has 1 saturated heterocycles. The summed E-state index contributed by atoms with van der Waals surface area (Å²) in [6.45, 7) is 5.56. The summed E-state index contributed by atoms with van der Waals surface area (Å²) in [7, 11) is 0. The Bertz CT molecular complexity index is 684. The molecule has 0 aromatic heterocycles. The molecule has 4 nitrogen and oxygen atoms in total. The van der Waals surface area contributed by atoms with Gasteiger partial charge in [0, 0.05) is 42.6 Å². The van der Waals surface area contributed by atoms with Crippen molar-refractivity contribution in [1.29, 1.82) is 0 Å². The molecule has 2 aromatic carbocycles. The van der Waals surface area contributed by atoms with Crippen molar-refractivity contribution in [3.63, 3.8) is 0 Å². The van der Waals surface area contributed by atoms with E-state index in [9.17, 15) is 4.79 Å². The number of halogens is 1. The first-order valence-electron chi connectivity index (χ1n) is 8.24. The second-order valence-corrected chi connectivity index (χ2v) is 6.47. The molecule has 3 rings (SSSR count). The molecule has 1 aliphatic rings. The van der Waals surface area contributed by atoms with E-state index in [-0.39, 0.29) is 11.9 Å². The zero-order chi connectivity index (χ0) is 16.9. The van der Waals surface area contributed by atoms with E-state index in [0.717, 1.165) is 31.9 Å². The zero-order valence-electron chi connectivity index (χ0n) is 13.8. The molecule has 0 saturated carbocycles. The predicted octanol–water partition coefficient (Wildman–Crippen LogP) is 3.49. The third-order valence-electron chi connectivity index (χ3n) is 4.45. The van der Waals surface area contributed by atoms with Crippen molar-refractivity contribution in [2.24, 2.45) is 0 Å². The van der Waals surface area contributed by atoms with Crippen molar-refractivity contribution in [2.75, 3.05) is 36.4 Å². The van der Waals surface area contributed by atoms with Crippen molar-refractivity contribution in [3.05, 3.63) is 59.6 Å². The minimum Gasteiger partial charge on any atom is -0.369 e. The van der Waals surface area contributed by atoms with Gasteiger partial charge in [-0.05, 0) is 37.3 Å². The maximum absolute atomic E-state index is 12.5. The van der Waals surface area contributed by atoms with E-state index in [1.165, 1.54) is 5.69 Å². The zero-order valence-corrected chi connectivity index (χ0v) is 14.5. The Morgan fingerprint density at radius 1 is 1.04 bits per heavy atom. The number of nitrogens with zero attached hydrogens (tertiary/aromatic N) is 2. The molecule has 0 radical (unpaired) electrons. The van der Waals surface area contributed by atoms with E-state index < -0.39 is 0 Å². The number of hydrogen-bond acceptors (Lipinski definition) is 3. The Kier molecular flexibility index (Phi) is 5.38. The van der Waals surface area contributed by atoms with Crippen molar-refractivity contribution in [3.8, 4) is 0 Å². The summed E-state index contributed by atoms with van der Waals surface area (Å²) in [5.74, 6) is 0.00503. The molecule has 1 aliphatic heterocycles. The fourth-order valence-corrected chi connectivity index (χ4v) is 3.18. The highest BCUT2D eigenvalue weighted by Gasteiger charge is 2.25. The predicted molar refractivity (Wildman–Crippen MR) is 99.8 cm³/mol. The summed E-state index contributed by atoms with van der Waals surface area (Å²) in [6.07, 6.45) is 0. The molecule has 1 atom stereocenters. The topological polar surface area (TPSA) is 35.6 Å². The molecule has 2 aromatic rings. The van der Waals surface area contributed by atoms with Gasteiger partial charge in [0.1, 0.15) is 0 Å². The van der Waals surface area contributed by atoms with E-state index in [1.807, 2.05) is 25.1 Å². The fraction of sp³-hybridized carbons (Fsp3) is 0.316. The monoisotopic (exact) mass is 343 g/mol. The number of para-hydroxylation sites is 1. The molecule has 126 valence electrons. The normalized spacial score (nSPS) is 16.7. The smallest absolute Gasteiger partial charge is 0.241 e. The van der Waals surface area contributed by atoms with E-state index in [2.05, 4.69) is 39.4 Å². The molecule has 1 heterocycles. The minimum atomic E-state index is -0.165. The fourth-order valence-electron chi connectivity index (χ4n) is 2.98. The van der Waals surface area contributed by atoms with Crippen LogP contribution in [0.1, 0.15) is 6.92 Å². The van der Waals surface area contributed by atoms with Gasteiger partial charge in [0.05, 0.1) is 6.04 Å². The van der Waals surface area contributed by atoms with Gasteiger partial charge in [-0.1, -0.05) is 35.9 Å². The standard InChI is InChI=1S/C19H22ClN3O/c1-15(19(24)21-17-7-5-6-16(20)14-17)22-10-12-23(13-11-22)18-8-3-2-4-9-18/h2-9,14-15H,10-13H2,1H3,(H,21,24). The lowest BCUT2D eigenvalue weighted by molar-refractivity contribution is -0.120. The molecule has 1 amide bonds. The largest absolute Gasteiger partial charge is 0.369 e. The number of nitrogens with one attached hydrogen (secondary N) is 1. The van der Waals surface area contributed by atoms with Crippen molar-refractivity contribution >= 4 is 28.9 Å². The molecular formula is C19H22ClN3O. The maximum atomic E-state index is 12.5. The van der Waals surface area contributed by atoms with Crippen molar-refractivity contribution in [2.45, 2.75) is 13.0 Å².